The van der Waals surface area contributed by atoms with E-state index in [-0.39, 0.29) is 42.9 Å². The Hall–Kier alpha value is -1.42. The molecule has 10 atom stereocenters. The lowest BCUT2D eigenvalue weighted by atomic mass is 9.56. The molecule has 206 valence electrons. The lowest BCUT2D eigenvalue weighted by Crippen LogP contribution is -2.64. The van der Waals surface area contributed by atoms with E-state index in [0.29, 0.717) is 6.42 Å². The molecule has 3 fully saturated rings. The zero-order valence-electron chi connectivity index (χ0n) is 22.3. The zero-order chi connectivity index (χ0) is 27.2. The van der Waals surface area contributed by atoms with Gasteiger partial charge in [0.15, 0.2) is 0 Å². The number of alkyl halides is 1. The molecule has 0 aromatic heterocycles. The summed E-state index contributed by atoms with van der Waals surface area (Å²) in [4.78, 5) is 36.1. The highest BCUT2D eigenvalue weighted by Gasteiger charge is 2.68. The second-order valence-electron chi connectivity index (χ2n) is 11.7. The van der Waals surface area contributed by atoms with Crippen molar-refractivity contribution in [3.63, 3.8) is 0 Å². The van der Waals surface area contributed by atoms with Crippen LogP contribution in [0.3, 0.4) is 0 Å². The van der Waals surface area contributed by atoms with Crippen LogP contribution in [-0.4, -0.2) is 75.2 Å². The number of fused-ring (bicyclic) bond motifs is 5. The monoisotopic (exact) mass is 532 g/mol. The molecule has 3 aliphatic rings. The number of carbonyl (C=O) groups is 3. The summed E-state index contributed by atoms with van der Waals surface area (Å²) in [7, 11) is 0. The smallest absolute Gasteiger partial charge is 0.303 e. The number of aliphatic hydroxyl groups is 2. The summed E-state index contributed by atoms with van der Waals surface area (Å²) in [6, 6.07) is 0. The third-order valence-corrected chi connectivity index (χ3v) is 8.91. The summed E-state index contributed by atoms with van der Waals surface area (Å²) in [6.07, 6.45) is -2.19. The lowest BCUT2D eigenvalue weighted by Gasteiger charge is -2.53. The van der Waals surface area contributed by atoms with Crippen LogP contribution in [0.15, 0.2) is 0 Å². The molecule has 10 heteroatoms. The van der Waals surface area contributed by atoms with Crippen molar-refractivity contribution in [2.24, 2.45) is 23.7 Å². The van der Waals surface area contributed by atoms with E-state index in [9.17, 15) is 24.6 Å². The predicted octanol–water partition coefficient (Wildman–Crippen LogP) is 2.75. The molecule has 2 bridgehead atoms. The van der Waals surface area contributed by atoms with E-state index in [0.717, 1.165) is 0 Å². The number of hydrogen-bond acceptors (Lipinski definition) is 9. The van der Waals surface area contributed by atoms with Gasteiger partial charge >= 0.3 is 17.9 Å². The molecule has 2 saturated heterocycles. The summed E-state index contributed by atoms with van der Waals surface area (Å²) >= 11 is 6.41. The van der Waals surface area contributed by atoms with Crippen LogP contribution in [0.25, 0.3) is 0 Å². The van der Waals surface area contributed by atoms with Crippen LogP contribution in [0.5, 0.6) is 0 Å². The van der Waals surface area contributed by atoms with Crippen LogP contribution in [0.2, 0.25) is 0 Å². The van der Waals surface area contributed by atoms with Crippen molar-refractivity contribution in [2.45, 2.75) is 115 Å². The first-order chi connectivity index (χ1) is 16.6. The van der Waals surface area contributed by atoms with Gasteiger partial charge in [-0.3, -0.25) is 14.4 Å². The fourth-order valence-corrected chi connectivity index (χ4v) is 7.32. The molecule has 9 nitrogen and oxygen atoms in total. The second kappa shape index (κ2) is 10.4. The fraction of sp³-hybridized carbons (Fsp3) is 0.885. The number of esters is 3. The Morgan fingerprint density at radius 2 is 1.61 bits per heavy atom. The molecular formula is C26H41ClO9. The molecular weight excluding hydrogens is 492 g/mol. The molecule has 0 spiro atoms. The van der Waals surface area contributed by atoms with Crippen molar-refractivity contribution in [2.75, 3.05) is 5.88 Å². The standard InChI is InChI=1S/C26H41ClO9/c1-13(2)17-10-20(34-15(4)29)26(32,12-27)22-18-11-24(6,31)19(33-14(3)28)8-9-25(7,36-16(5)30)23(35-18)21(17)22/h13,17-23,31-32H,8-12H2,1-7H3/t17-,18-,19+,20+,21-,22-,23-,24+,25-,26+/m1/s1. The third-order valence-electron chi connectivity index (χ3n) is 8.48. The summed E-state index contributed by atoms with van der Waals surface area (Å²) in [5.74, 6) is -2.63. The molecule has 36 heavy (non-hydrogen) atoms. The van der Waals surface area contributed by atoms with Gasteiger partial charge in [0.1, 0.15) is 35.1 Å². The maximum Gasteiger partial charge on any atom is 0.303 e. The maximum absolute atomic E-state index is 12.3. The van der Waals surface area contributed by atoms with Gasteiger partial charge in [-0.05, 0) is 44.9 Å². The van der Waals surface area contributed by atoms with Crippen LogP contribution < -0.4 is 0 Å². The minimum Gasteiger partial charge on any atom is -0.460 e. The molecule has 2 N–H and O–H groups in total. The highest BCUT2D eigenvalue weighted by molar-refractivity contribution is 6.18. The van der Waals surface area contributed by atoms with Gasteiger partial charge in [0.25, 0.3) is 0 Å². The average Bonchev–Trinajstić information content (AvgIpc) is 3.12. The van der Waals surface area contributed by atoms with Crippen molar-refractivity contribution in [3.8, 4) is 0 Å². The molecule has 0 radical (unpaired) electrons. The predicted molar refractivity (Wildman–Crippen MR) is 130 cm³/mol. The van der Waals surface area contributed by atoms with Crippen molar-refractivity contribution >= 4 is 29.5 Å². The van der Waals surface area contributed by atoms with E-state index in [1.54, 1.807) is 13.8 Å². The molecule has 0 aromatic carbocycles. The normalized spacial score (nSPS) is 44.6. The molecule has 0 unspecified atom stereocenters. The van der Waals surface area contributed by atoms with E-state index in [4.69, 9.17) is 30.5 Å². The Bertz CT molecular complexity index is 860. The van der Waals surface area contributed by atoms with Gasteiger partial charge < -0.3 is 29.2 Å². The number of rotatable bonds is 5. The molecule has 2 aliphatic heterocycles. The number of ether oxygens (including phenoxy) is 4. The van der Waals surface area contributed by atoms with E-state index in [2.05, 4.69) is 13.8 Å². The fourth-order valence-electron chi connectivity index (χ4n) is 6.97. The molecule has 0 aromatic rings. The van der Waals surface area contributed by atoms with Crippen molar-refractivity contribution in [1.82, 2.24) is 0 Å². The van der Waals surface area contributed by atoms with Gasteiger partial charge in [0.2, 0.25) is 0 Å². The van der Waals surface area contributed by atoms with E-state index in [1.165, 1.54) is 20.8 Å². The third kappa shape index (κ3) is 5.40. The minimum atomic E-state index is -1.65. The number of hydrogen-bond donors (Lipinski definition) is 2. The van der Waals surface area contributed by atoms with E-state index in [1.807, 2.05) is 0 Å². The Labute approximate surface area is 218 Å². The summed E-state index contributed by atoms with van der Waals surface area (Å²) < 4.78 is 23.7. The highest BCUT2D eigenvalue weighted by Crippen LogP contribution is 2.58. The molecule has 0 amide bonds. The maximum atomic E-state index is 12.3. The highest BCUT2D eigenvalue weighted by atomic mass is 35.5. The summed E-state index contributed by atoms with van der Waals surface area (Å²) in [5, 5.41) is 23.6. The van der Waals surface area contributed by atoms with Crippen LogP contribution in [0.4, 0.5) is 0 Å². The van der Waals surface area contributed by atoms with Gasteiger partial charge in [0, 0.05) is 39.0 Å². The van der Waals surface area contributed by atoms with E-state index >= 15 is 0 Å². The first-order valence-corrected chi connectivity index (χ1v) is 13.3. The Balaban J connectivity index is 2.19. The van der Waals surface area contributed by atoms with E-state index < -0.39 is 65.0 Å². The van der Waals surface area contributed by atoms with Crippen molar-refractivity contribution < 1.29 is 43.5 Å². The molecule has 2 heterocycles. The number of carbonyl (C=O) groups excluding carboxylic acids is 3. The molecule has 1 saturated carbocycles. The Morgan fingerprint density at radius 3 is 2.11 bits per heavy atom. The van der Waals surface area contributed by atoms with Crippen molar-refractivity contribution in [3.05, 3.63) is 0 Å². The largest absolute Gasteiger partial charge is 0.460 e. The van der Waals surface area contributed by atoms with Crippen LogP contribution in [0, 0.1) is 23.7 Å². The van der Waals surface area contributed by atoms with Gasteiger partial charge in [-0.25, -0.2) is 0 Å². The lowest BCUT2D eigenvalue weighted by molar-refractivity contribution is -0.201. The first kappa shape index (κ1) is 29.1. The molecule has 3 rings (SSSR count). The minimum absolute atomic E-state index is 0.0373. The van der Waals surface area contributed by atoms with Crippen molar-refractivity contribution in [1.29, 1.82) is 0 Å². The number of halogens is 1. The SMILES string of the molecule is CC(=O)O[C@H]1C[C@H](C(C)C)[C@@H]2[C@@H]([C@H]3C[C@](C)(O)[C@@H](OC(C)=O)CC[C@@](C)(OC(C)=O)[C@@H]2O3)[C@]1(O)CCl. The van der Waals surface area contributed by atoms with Gasteiger partial charge in [-0.1, -0.05) is 13.8 Å². The quantitative estimate of drug-likeness (QED) is 0.312. The van der Waals surface area contributed by atoms with Crippen LogP contribution >= 0.6 is 11.6 Å². The topological polar surface area (TPSA) is 129 Å². The van der Waals surface area contributed by atoms with Gasteiger partial charge in [-0.2, -0.15) is 0 Å². The van der Waals surface area contributed by atoms with Gasteiger partial charge in [-0.15, -0.1) is 11.6 Å². The Morgan fingerprint density at radius 1 is 1.03 bits per heavy atom. The second-order valence-corrected chi connectivity index (χ2v) is 11.9. The summed E-state index contributed by atoms with van der Waals surface area (Å²) in [6.45, 7) is 11.4. The van der Waals surface area contributed by atoms with Crippen LogP contribution in [-0.2, 0) is 33.3 Å². The Kier molecular flexibility index (Phi) is 8.41. The van der Waals surface area contributed by atoms with Gasteiger partial charge in [0.05, 0.1) is 12.0 Å². The van der Waals surface area contributed by atoms with Crippen LogP contribution in [0.1, 0.15) is 74.1 Å². The molecule has 1 aliphatic carbocycles. The summed E-state index contributed by atoms with van der Waals surface area (Å²) in [5.41, 5.74) is -4.28. The average molecular weight is 533 g/mol. The first-order valence-electron chi connectivity index (χ1n) is 12.8. The zero-order valence-corrected chi connectivity index (χ0v) is 23.0.